The van der Waals surface area contributed by atoms with Crippen molar-refractivity contribution in [2.45, 2.75) is 32.7 Å². The van der Waals surface area contributed by atoms with Crippen molar-refractivity contribution in [1.29, 1.82) is 5.26 Å². The van der Waals surface area contributed by atoms with Crippen molar-refractivity contribution >= 4 is 11.7 Å². The molecule has 1 aromatic carbocycles. The third-order valence-electron chi connectivity index (χ3n) is 4.42. The van der Waals surface area contributed by atoms with Gasteiger partial charge in [-0.1, -0.05) is 19.1 Å². The Morgan fingerprint density at radius 2 is 2.28 bits per heavy atom. The van der Waals surface area contributed by atoms with Gasteiger partial charge < -0.3 is 10.6 Å². The van der Waals surface area contributed by atoms with E-state index >= 15 is 0 Å². The molecule has 1 aromatic heterocycles. The van der Waals surface area contributed by atoms with Crippen LogP contribution in [0.1, 0.15) is 36.6 Å². The van der Waals surface area contributed by atoms with Gasteiger partial charge in [-0.3, -0.25) is 4.79 Å². The Hall–Kier alpha value is -2.94. The molecule has 128 valence electrons. The maximum absolute atomic E-state index is 13.7. The molecule has 2 aromatic rings. The molecule has 1 aliphatic rings. The lowest BCUT2D eigenvalue weighted by molar-refractivity contribution is -0.132. The smallest absolute Gasteiger partial charge is 0.222 e. The minimum absolute atomic E-state index is 0.0775. The molecule has 5 nitrogen and oxygen atoms in total. The number of rotatable bonds is 3. The van der Waals surface area contributed by atoms with E-state index in [-0.39, 0.29) is 23.1 Å². The minimum atomic E-state index is -0.389. The van der Waals surface area contributed by atoms with Crippen molar-refractivity contribution in [1.82, 2.24) is 9.88 Å². The van der Waals surface area contributed by atoms with Crippen molar-refractivity contribution in [2.24, 2.45) is 0 Å². The first-order valence-electron chi connectivity index (χ1n) is 8.30. The number of hydrogen-bond donors (Lipinski definition) is 1. The number of nitrogen functional groups attached to an aromatic ring is 1. The Kier molecular flexibility index (Phi) is 4.66. The normalized spacial score (nSPS) is 13.2. The zero-order valence-electron chi connectivity index (χ0n) is 14.1. The summed E-state index contributed by atoms with van der Waals surface area (Å²) in [5.74, 6) is -0.164. The second-order valence-corrected chi connectivity index (χ2v) is 6.11. The molecule has 2 N–H and O–H groups in total. The Morgan fingerprint density at radius 1 is 1.48 bits per heavy atom. The van der Waals surface area contributed by atoms with Gasteiger partial charge in [-0.25, -0.2) is 9.37 Å². The van der Waals surface area contributed by atoms with E-state index in [1.165, 1.54) is 12.1 Å². The van der Waals surface area contributed by atoms with Crippen LogP contribution in [0, 0.1) is 17.1 Å². The Morgan fingerprint density at radius 3 is 2.96 bits per heavy atom. The summed E-state index contributed by atoms with van der Waals surface area (Å²) in [7, 11) is 0. The number of halogens is 1. The van der Waals surface area contributed by atoms with E-state index in [0.717, 1.165) is 17.7 Å². The zero-order chi connectivity index (χ0) is 18.0. The number of hydrogen-bond acceptors (Lipinski definition) is 4. The van der Waals surface area contributed by atoms with E-state index in [1.807, 2.05) is 6.92 Å². The van der Waals surface area contributed by atoms with Crippen molar-refractivity contribution in [3.05, 3.63) is 46.9 Å². The van der Waals surface area contributed by atoms with Gasteiger partial charge in [0.25, 0.3) is 0 Å². The fraction of sp³-hybridized carbons (Fsp3) is 0.316. The molecule has 2 heterocycles. The van der Waals surface area contributed by atoms with Crippen LogP contribution in [0.3, 0.4) is 0 Å². The lowest BCUT2D eigenvalue weighted by atomic mass is 9.91. The average molecular weight is 338 g/mol. The number of benzene rings is 1. The second-order valence-electron chi connectivity index (χ2n) is 6.11. The van der Waals surface area contributed by atoms with E-state index < -0.39 is 0 Å². The monoisotopic (exact) mass is 338 g/mol. The number of amides is 1. The first kappa shape index (κ1) is 16.9. The highest BCUT2D eigenvalue weighted by atomic mass is 19.1. The lowest BCUT2D eigenvalue weighted by Gasteiger charge is -2.30. The Labute approximate surface area is 145 Å². The number of fused-ring (bicyclic) bond motifs is 1. The molecule has 0 atom stereocenters. The van der Waals surface area contributed by atoms with Crippen LogP contribution in [-0.4, -0.2) is 22.3 Å². The number of nitrogens with zero attached hydrogens (tertiary/aromatic N) is 3. The van der Waals surface area contributed by atoms with Crippen molar-refractivity contribution < 1.29 is 9.18 Å². The number of nitriles is 1. The van der Waals surface area contributed by atoms with Crippen molar-refractivity contribution in [3.63, 3.8) is 0 Å². The predicted octanol–water partition coefficient (Wildman–Crippen LogP) is 3.03. The first-order chi connectivity index (χ1) is 12.0. The standard InChI is InChI=1S/C19H19FN4O/c1-2-4-17(25)24-8-7-16-15(11-24)18(14(10-21)19(22)23-16)12-5-3-6-13(20)9-12/h3,5-6,9H,2,4,7-8,11H2,1H3,(H2,22,23). The fourth-order valence-electron chi connectivity index (χ4n) is 3.24. The summed E-state index contributed by atoms with van der Waals surface area (Å²) in [5, 5.41) is 9.55. The average Bonchev–Trinajstić information content (AvgIpc) is 2.60. The van der Waals surface area contributed by atoms with Gasteiger partial charge in [0.2, 0.25) is 5.91 Å². The summed E-state index contributed by atoms with van der Waals surface area (Å²) in [6.45, 7) is 2.90. The van der Waals surface area contributed by atoms with E-state index in [1.54, 1.807) is 17.0 Å². The van der Waals surface area contributed by atoms with Gasteiger partial charge >= 0.3 is 0 Å². The maximum Gasteiger partial charge on any atom is 0.222 e. The molecular formula is C19H19FN4O. The third-order valence-corrected chi connectivity index (χ3v) is 4.42. The minimum Gasteiger partial charge on any atom is -0.383 e. The molecule has 25 heavy (non-hydrogen) atoms. The van der Waals surface area contributed by atoms with Crippen LogP contribution >= 0.6 is 0 Å². The molecule has 0 spiro atoms. The highest BCUT2D eigenvalue weighted by Gasteiger charge is 2.27. The molecule has 0 fully saturated rings. The van der Waals surface area contributed by atoms with E-state index in [0.29, 0.717) is 37.1 Å². The summed E-state index contributed by atoms with van der Waals surface area (Å²) in [6.07, 6.45) is 1.84. The quantitative estimate of drug-likeness (QED) is 0.932. The highest BCUT2D eigenvalue weighted by Crippen LogP contribution is 2.35. The summed E-state index contributed by atoms with van der Waals surface area (Å²) < 4.78 is 13.7. The number of carbonyl (C=O) groups is 1. The molecule has 0 unspecified atom stereocenters. The highest BCUT2D eigenvalue weighted by molar-refractivity contribution is 5.81. The molecule has 0 saturated carbocycles. The molecule has 0 saturated heterocycles. The van der Waals surface area contributed by atoms with Crippen LogP contribution in [0.2, 0.25) is 0 Å². The molecule has 0 radical (unpaired) electrons. The molecule has 1 aliphatic heterocycles. The predicted molar refractivity (Wildman–Crippen MR) is 92.8 cm³/mol. The first-order valence-corrected chi connectivity index (χ1v) is 8.30. The largest absolute Gasteiger partial charge is 0.383 e. The van der Waals surface area contributed by atoms with Gasteiger partial charge in [0.05, 0.1) is 5.69 Å². The number of aromatic nitrogens is 1. The third kappa shape index (κ3) is 3.18. The topological polar surface area (TPSA) is 83.0 Å². The number of carbonyl (C=O) groups excluding carboxylic acids is 1. The summed E-state index contributed by atoms with van der Waals surface area (Å²) in [5.41, 5.74) is 8.91. The Balaban J connectivity index is 2.16. The van der Waals surface area contributed by atoms with Crippen LogP contribution in [0.4, 0.5) is 10.2 Å². The molecule has 3 rings (SSSR count). The van der Waals surface area contributed by atoms with Gasteiger partial charge in [0.15, 0.2) is 0 Å². The number of nitrogens with two attached hydrogens (primary N) is 1. The molecule has 1 amide bonds. The lowest BCUT2D eigenvalue weighted by Crippen LogP contribution is -2.36. The van der Waals surface area contributed by atoms with Crippen LogP contribution in [0.5, 0.6) is 0 Å². The van der Waals surface area contributed by atoms with Gasteiger partial charge in [-0.05, 0) is 24.1 Å². The number of pyridine rings is 1. The van der Waals surface area contributed by atoms with Gasteiger partial charge in [-0.15, -0.1) is 0 Å². The molecular weight excluding hydrogens is 319 g/mol. The van der Waals surface area contributed by atoms with Gasteiger partial charge in [-0.2, -0.15) is 5.26 Å². The fourth-order valence-corrected chi connectivity index (χ4v) is 3.24. The molecule has 6 heteroatoms. The molecule has 0 aliphatic carbocycles. The van der Waals surface area contributed by atoms with Crippen molar-refractivity contribution in [2.75, 3.05) is 12.3 Å². The van der Waals surface area contributed by atoms with E-state index in [2.05, 4.69) is 11.1 Å². The SMILES string of the molecule is CCCC(=O)N1CCc2nc(N)c(C#N)c(-c3cccc(F)c3)c2C1. The van der Waals surface area contributed by atoms with Crippen LogP contribution in [0.25, 0.3) is 11.1 Å². The second kappa shape index (κ2) is 6.89. The van der Waals surface area contributed by atoms with Crippen LogP contribution < -0.4 is 5.73 Å². The van der Waals surface area contributed by atoms with Crippen LogP contribution in [0.15, 0.2) is 24.3 Å². The van der Waals surface area contributed by atoms with E-state index in [4.69, 9.17) is 5.73 Å². The van der Waals surface area contributed by atoms with Gasteiger partial charge in [0.1, 0.15) is 23.3 Å². The maximum atomic E-state index is 13.7. The van der Waals surface area contributed by atoms with E-state index in [9.17, 15) is 14.4 Å². The zero-order valence-corrected chi connectivity index (χ0v) is 14.1. The summed E-state index contributed by atoms with van der Waals surface area (Å²) in [4.78, 5) is 18.4. The van der Waals surface area contributed by atoms with Crippen LogP contribution in [-0.2, 0) is 17.8 Å². The van der Waals surface area contributed by atoms with Gasteiger partial charge in [0, 0.05) is 37.1 Å². The summed E-state index contributed by atoms with van der Waals surface area (Å²) in [6, 6.07) is 8.15. The molecule has 0 bridgehead atoms. The van der Waals surface area contributed by atoms with Crippen molar-refractivity contribution in [3.8, 4) is 17.2 Å². The summed E-state index contributed by atoms with van der Waals surface area (Å²) >= 11 is 0. The number of anilines is 1. The Bertz CT molecular complexity index is 872.